The van der Waals surface area contributed by atoms with Crippen LogP contribution in [0.5, 0.6) is 5.75 Å². The zero-order valence-corrected chi connectivity index (χ0v) is 10.00. The highest BCUT2D eigenvalue weighted by Crippen LogP contribution is 2.33. The molecule has 0 aromatic heterocycles. The normalized spacial score (nSPS) is 13.4. The second-order valence-corrected chi connectivity index (χ2v) is 4.01. The van der Waals surface area contributed by atoms with Gasteiger partial charge < -0.3 is 15.6 Å². The van der Waals surface area contributed by atoms with Crippen LogP contribution in [-0.4, -0.2) is 25.4 Å². The van der Waals surface area contributed by atoms with Gasteiger partial charge >= 0.3 is 6.18 Å². The Morgan fingerprint density at radius 3 is 2.50 bits per heavy atom. The van der Waals surface area contributed by atoms with E-state index in [-0.39, 0.29) is 25.5 Å². The highest BCUT2D eigenvalue weighted by atomic mass is 19.4. The van der Waals surface area contributed by atoms with Crippen LogP contribution >= 0.6 is 0 Å². The van der Waals surface area contributed by atoms with Gasteiger partial charge in [0.25, 0.3) is 0 Å². The molecule has 0 saturated heterocycles. The first-order valence-electron chi connectivity index (χ1n) is 5.47. The fraction of sp³-hybridized carbons (Fsp3) is 0.500. The predicted octanol–water partition coefficient (Wildman–Crippen LogP) is 1.82. The average molecular weight is 263 g/mol. The van der Waals surface area contributed by atoms with Crippen molar-refractivity contribution in [3.05, 3.63) is 29.3 Å². The number of hydrogen-bond acceptors (Lipinski definition) is 3. The maximum atomic E-state index is 12.6. The van der Waals surface area contributed by atoms with E-state index >= 15 is 0 Å². The third-order valence-electron chi connectivity index (χ3n) is 2.71. The van der Waals surface area contributed by atoms with E-state index in [2.05, 4.69) is 0 Å². The van der Waals surface area contributed by atoms with Crippen molar-refractivity contribution in [1.82, 2.24) is 0 Å². The van der Waals surface area contributed by atoms with Crippen LogP contribution in [-0.2, 0) is 12.6 Å². The minimum Gasteiger partial charge on any atom is -0.496 e. The van der Waals surface area contributed by atoms with E-state index in [0.717, 1.165) is 12.1 Å². The quantitative estimate of drug-likeness (QED) is 0.852. The van der Waals surface area contributed by atoms with Crippen molar-refractivity contribution in [1.29, 1.82) is 0 Å². The molecule has 0 bridgehead atoms. The molecule has 0 fully saturated rings. The molecule has 3 nitrogen and oxygen atoms in total. The molecule has 0 amide bonds. The van der Waals surface area contributed by atoms with Crippen molar-refractivity contribution in [2.45, 2.75) is 12.6 Å². The highest BCUT2D eigenvalue weighted by Gasteiger charge is 2.31. The molecular weight excluding hydrogens is 247 g/mol. The van der Waals surface area contributed by atoms with Gasteiger partial charge in [-0.25, -0.2) is 0 Å². The van der Waals surface area contributed by atoms with Gasteiger partial charge in [0.05, 0.1) is 12.7 Å². The SMILES string of the molecule is COc1ccc(C(F)(F)F)cc1CC(CN)CO. The van der Waals surface area contributed by atoms with Gasteiger partial charge in [0.15, 0.2) is 0 Å². The number of alkyl halides is 3. The molecule has 0 radical (unpaired) electrons. The van der Waals surface area contributed by atoms with Crippen molar-refractivity contribution in [2.75, 3.05) is 20.3 Å². The maximum Gasteiger partial charge on any atom is 0.416 e. The number of methoxy groups -OCH3 is 1. The number of nitrogens with two attached hydrogens (primary N) is 1. The van der Waals surface area contributed by atoms with E-state index in [0.29, 0.717) is 11.3 Å². The monoisotopic (exact) mass is 263 g/mol. The Morgan fingerprint density at radius 2 is 2.06 bits per heavy atom. The predicted molar refractivity (Wildman–Crippen MR) is 61.3 cm³/mol. The van der Waals surface area contributed by atoms with Gasteiger partial charge in [0.2, 0.25) is 0 Å². The van der Waals surface area contributed by atoms with Crippen molar-refractivity contribution in [2.24, 2.45) is 11.7 Å². The van der Waals surface area contributed by atoms with Crippen LogP contribution in [0, 0.1) is 5.92 Å². The van der Waals surface area contributed by atoms with E-state index in [1.807, 2.05) is 0 Å². The van der Waals surface area contributed by atoms with Crippen LogP contribution in [0.1, 0.15) is 11.1 Å². The summed E-state index contributed by atoms with van der Waals surface area (Å²) in [6, 6.07) is 3.29. The van der Waals surface area contributed by atoms with Crippen molar-refractivity contribution < 1.29 is 23.0 Å². The lowest BCUT2D eigenvalue weighted by atomic mass is 9.97. The molecule has 0 aliphatic heterocycles. The summed E-state index contributed by atoms with van der Waals surface area (Å²) in [5, 5.41) is 9.04. The summed E-state index contributed by atoms with van der Waals surface area (Å²) in [6.07, 6.45) is -4.14. The summed E-state index contributed by atoms with van der Waals surface area (Å²) in [7, 11) is 1.39. The second kappa shape index (κ2) is 6.06. The van der Waals surface area contributed by atoms with Crippen LogP contribution in [0.15, 0.2) is 18.2 Å². The standard InChI is InChI=1S/C12H16F3NO2/c1-18-11-3-2-10(12(13,14)15)5-9(11)4-8(6-16)7-17/h2-3,5,8,17H,4,6-7,16H2,1H3. The van der Waals surface area contributed by atoms with E-state index < -0.39 is 11.7 Å². The maximum absolute atomic E-state index is 12.6. The zero-order chi connectivity index (χ0) is 13.8. The van der Waals surface area contributed by atoms with Crippen LogP contribution in [0.3, 0.4) is 0 Å². The third kappa shape index (κ3) is 3.61. The lowest BCUT2D eigenvalue weighted by molar-refractivity contribution is -0.137. The number of benzene rings is 1. The summed E-state index contributed by atoms with van der Waals surface area (Å²) in [5.41, 5.74) is 5.09. The lowest BCUT2D eigenvalue weighted by Crippen LogP contribution is -2.21. The first kappa shape index (κ1) is 14.8. The molecule has 0 spiro atoms. The van der Waals surface area contributed by atoms with Gasteiger partial charge in [0, 0.05) is 6.61 Å². The Labute approximate surface area is 103 Å². The van der Waals surface area contributed by atoms with Crippen molar-refractivity contribution in [3.8, 4) is 5.75 Å². The Kier molecular flexibility index (Phi) is 4.98. The van der Waals surface area contributed by atoms with Crippen molar-refractivity contribution >= 4 is 0 Å². The first-order valence-corrected chi connectivity index (χ1v) is 5.47. The van der Waals surface area contributed by atoms with Crippen LogP contribution in [0.4, 0.5) is 13.2 Å². The van der Waals surface area contributed by atoms with Gasteiger partial charge in [-0.3, -0.25) is 0 Å². The molecule has 1 unspecified atom stereocenters. The van der Waals surface area contributed by atoms with Gasteiger partial charge in [-0.1, -0.05) is 0 Å². The molecule has 0 saturated carbocycles. The third-order valence-corrected chi connectivity index (χ3v) is 2.71. The summed E-state index contributed by atoms with van der Waals surface area (Å²) >= 11 is 0. The molecule has 3 N–H and O–H groups in total. The molecule has 102 valence electrons. The lowest BCUT2D eigenvalue weighted by Gasteiger charge is -2.16. The first-order chi connectivity index (χ1) is 8.42. The Bertz CT molecular complexity index is 389. The van der Waals surface area contributed by atoms with Crippen molar-refractivity contribution in [3.63, 3.8) is 0 Å². The molecule has 1 atom stereocenters. The van der Waals surface area contributed by atoms with E-state index in [9.17, 15) is 13.2 Å². The minimum absolute atomic E-state index is 0.171. The smallest absolute Gasteiger partial charge is 0.416 e. The van der Waals surface area contributed by atoms with Gasteiger partial charge in [-0.05, 0) is 42.6 Å². The van der Waals surface area contributed by atoms with E-state index in [4.69, 9.17) is 15.6 Å². The number of ether oxygens (including phenoxy) is 1. The molecule has 18 heavy (non-hydrogen) atoms. The molecular formula is C12H16F3NO2. The number of halogens is 3. The second-order valence-electron chi connectivity index (χ2n) is 4.01. The largest absolute Gasteiger partial charge is 0.496 e. The summed E-state index contributed by atoms with van der Waals surface area (Å²) in [4.78, 5) is 0. The molecule has 1 aromatic rings. The summed E-state index contributed by atoms with van der Waals surface area (Å²) in [5.74, 6) is 0.0947. The van der Waals surface area contributed by atoms with Gasteiger partial charge in [0.1, 0.15) is 5.75 Å². The number of aliphatic hydroxyl groups excluding tert-OH is 1. The molecule has 1 rings (SSSR count). The molecule has 0 aliphatic rings. The van der Waals surface area contributed by atoms with Crippen LogP contribution in [0.25, 0.3) is 0 Å². The topological polar surface area (TPSA) is 55.5 Å². The molecule has 0 heterocycles. The summed E-state index contributed by atoms with van der Waals surface area (Å²) < 4.78 is 42.8. The minimum atomic E-state index is -4.39. The molecule has 1 aromatic carbocycles. The Balaban J connectivity index is 3.06. The Hall–Kier alpha value is -1.27. The number of aliphatic hydroxyl groups is 1. The van der Waals surface area contributed by atoms with Gasteiger partial charge in [-0.2, -0.15) is 13.2 Å². The zero-order valence-electron chi connectivity index (χ0n) is 10.00. The van der Waals surface area contributed by atoms with Gasteiger partial charge in [-0.15, -0.1) is 0 Å². The Morgan fingerprint density at radius 1 is 1.39 bits per heavy atom. The van der Waals surface area contributed by atoms with Crippen LogP contribution < -0.4 is 10.5 Å². The highest BCUT2D eigenvalue weighted by molar-refractivity contribution is 5.38. The number of rotatable bonds is 5. The van der Waals surface area contributed by atoms with E-state index in [1.54, 1.807) is 0 Å². The fourth-order valence-corrected chi connectivity index (χ4v) is 1.65. The molecule has 0 aliphatic carbocycles. The van der Waals surface area contributed by atoms with E-state index in [1.165, 1.54) is 13.2 Å². The average Bonchev–Trinajstić information content (AvgIpc) is 2.34. The van der Waals surface area contributed by atoms with Crippen LogP contribution in [0.2, 0.25) is 0 Å². The summed E-state index contributed by atoms with van der Waals surface area (Å²) in [6.45, 7) is 0.0335. The molecule has 6 heteroatoms. The fourth-order valence-electron chi connectivity index (χ4n) is 1.65. The number of hydrogen-bond donors (Lipinski definition) is 2.